The molecule has 3 heterocycles. The highest BCUT2D eigenvalue weighted by Gasteiger charge is 2.30. The standard InChI is InChI=1S/C18H17N3O3S2/c1-26(23,24)14-6-4-12(5-7-14)15-9-17(22)20-18-16(15)10-19-21(18)11-13-3-2-8-25-13/h2-8,10,15H,9,11H2,1H3,(H,20,22)/t15-/m1/s1. The number of anilines is 1. The van der Waals surface area contributed by atoms with Gasteiger partial charge in [-0.2, -0.15) is 5.10 Å². The number of aromatic nitrogens is 2. The normalized spacial score (nSPS) is 17.0. The van der Waals surface area contributed by atoms with E-state index in [1.165, 1.54) is 6.26 Å². The summed E-state index contributed by atoms with van der Waals surface area (Å²) in [7, 11) is -3.24. The molecule has 1 amide bonds. The van der Waals surface area contributed by atoms with E-state index in [4.69, 9.17) is 0 Å². The number of hydrogen-bond acceptors (Lipinski definition) is 5. The minimum Gasteiger partial charge on any atom is -0.311 e. The van der Waals surface area contributed by atoms with Gasteiger partial charge in [0.25, 0.3) is 0 Å². The number of carbonyl (C=O) groups is 1. The van der Waals surface area contributed by atoms with E-state index >= 15 is 0 Å². The van der Waals surface area contributed by atoms with Crippen molar-refractivity contribution in [3.8, 4) is 0 Å². The summed E-state index contributed by atoms with van der Waals surface area (Å²) in [6.07, 6.45) is 3.29. The summed E-state index contributed by atoms with van der Waals surface area (Å²) in [4.78, 5) is 13.7. The molecule has 3 aromatic rings. The third kappa shape index (κ3) is 3.17. The van der Waals surface area contributed by atoms with E-state index in [9.17, 15) is 13.2 Å². The van der Waals surface area contributed by atoms with Crippen LogP contribution in [0.4, 0.5) is 5.82 Å². The van der Waals surface area contributed by atoms with Crippen LogP contribution in [0, 0.1) is 0 Å². The van der Waals surface area contributed by atoms with Gasteiger partial charge in [0.1, 0.15) is 5.82 Å². The molecule has 1 aliphatic rings. The smallest absolute Gasteiger partial charge is 0.226 e. The second-order valence-corrected chi connectivity index (χ2v) is 9.38. The quantitative estimate of drug-likeness (QED) is 0.746. The minimum atomic E-state index is -3.24. The third-order valence-electron chi connectivity index (χ3n) is 4.49. The summed E-state index contributed by atoms with van der Waals surface area (Å²) in [6.45, 7) is 0.604. The average Bonchev–Trinajstić information content (AvgIpc) is 3.24. The molecule has 2 aromatic heterocycles. The van der Waals surface area contributed by atoms with Gasteiger partial charge in [0, 0.05) is 29.0 Å². The van der Waals surface area contributed by atoms with Crippen LogP contribution in [-0.4, -0.2) is 30.4 Å². The van der Waals surface area contributed by atoms with Gasteiger partial charge in [-0.25, -0.2) is 13.1 Å². The first kappa shape index (κ1) is 17.0. The number of hydrogen-bond donors (Lipinski definition) is 1. The highest BCUT2D eigenvalue weighted by molar-refractivity contribution is 7.90. The number of thiophene rings is 1. The number of benzene rings is 1. The molecule has 1 aliphatic heterocycles. The molecule has 0 unspecified atom stereocenters. The Hall–Kier alpha value is -2.45. The maximum absolute atomic E-state index is 12.2. The number of carbonyl (C=O) groups excluding carboxylic acids is 1. The van der Waals surface area contributed by atoms with E-state index in [1.54, 1.807) is 46.5 Å². The summed E-state index contributed by atoms with van der Waals surface area (Å²) >= 11 is 1.64. The monoisotopic (exact) mass is 387 g/mol. The van der Waals surface area contributed by atoms with E-state index in [-0.39, 0.29) is 16.7 Å². The first-order chi connectivity index (χ1) is 12.4. The third-order valence-corrected chi connectivity index (χ3v) is 6.48. The maximum atomic E-state index is 12.2. The Morgan fingerprint density at radius 2 is 2.04 bits per heavy atom. The molecule has 0 spiro atoms. The summed E-state index contributed by atoms with van der Waals surface area (Å²) in [5.41, 5.74) is 1.86. The van der Waals surface area contributed by atoms with E-state index < -0.39 is 9.84 Å². The zero-order valence-corrected chi connectivity index (χ0v) is 15.7. The molecule has 1 aromatic carbocycles. The number of rotatable bonds is 4. The summed E-state index contributed by atoms with van der Waals surface area (Å²) in [5, 5.41) is 9.39. The van der Waals surface area contributed by atoms with Gasteiger partial charge in [-0.15, -0.1) is 11.3 Å². The van der Waals surface area contributed by atoms with Crippen molar-refractivity contribution in [3.63, 3.8) is 0 Å². The number of sulfone groups is 1. The Labute approximate surface area is 155 Å². The zero-order chi connectivity index (χ0) is 18.3. The largest absolute Gasteiger partial charge is 0.311 e. The van der Waals surface area contributed by atoms with Crippen molar-refractivity contribution in [1.29, 1.82) is 0 Å². The molecule has 0 saturated carbocycles. The van der Waals surface area contributed by atoms with Crippen LogP contribution in [0.5, 0.6) is 0 Å². The van der Waals surface area contributed by atoms with Crippen molar-refractivity contribution >= 4 is 32.9 Å². The van der Waals surface area contributed by atoms with Gasteiger partial charge in [0.15, 0.2) is 9.84 Å². The van der Waals surface area contributed by atoms with E-state index in [1.807, 2.05) is 17.5 Å². The molecular weight excluding hydrogens is 370 g/mol. The van der Waals surface area contributed by atoms with Gasteiger partial charge in [0.05, 0.1) is 17.6 Å². The minimum absolute atomic E-state index is 0.0670. The van der Waals surface area contributed by atoms with Gasteiger partial charge in [-0.1, -0.05) is 18.2 Å². The van der Waals surface area contributed by atoms with Crippen LogP contribution >= 0.6 is 11.3 Å². The van der Waals surface area contributed by atoms with Crippen LogP contribution in [-0.2, 0) is 21.2 Å². The summed E-state index contributed by atoms with van der Waals surface area (Å²) < 4.78 is 25.1. The summed E-state index contributed by atoms with van der Waals surface area (Å²) in [6, 6.07) is 10.8. The Morgan fingerprint density at radius 1 is 1.27 bits per heavy atom. The fourth-order valence-electron chi connectivity index (χ4n) is 3.18. The van der Waals surface area contributed by atoms with Gasteiger partial charge < -0.3 is 5.32 Å². The van der Waals surface area contributed by atoms with Crippen LogP contribution < -0.4 is 5.32 Å². The number of nitrogens with one attached hydrogen (secondary N) is 1. The van der Waals surface area contributed by atoms with Crippen molar-refractivity contribution in [3.05, 3.63) is 64.0 Å². The van der Waals surface area contributed by atoms with Gasteiger partial charge in [-0.05, 0) is 29.1 Å². The van der Waals surface area contributed by atoms with Crippen molar-refractivity contribution < 1.29 is 13.2 Å². The second kappa shape index (κ2) is 6.37. The van der Waals surface area contributed by atoms with E-state index in [0.29, 0.717) is 18.8 Å². The van der Waals surface area contributed by atoms with Crippen molar-refractivity contribution in [1.82, 2.24) is 9.78 Å². The Morgan fingerprint density at radius 3 is 2.69 bits per heavy atom. The first-order valence-corrected chi connectivity index (χ1v) is 10.9. The fourth-order valence-corrected chi connectivity index (χ4v) is 4.50. The number of amides is 1. The average molecular weight is 387 g/mol. The van der Waals surface area contributed by atoms with E-state index in [2.05, 4.69) is 10.4 Å². The van der Waals surface area contributed by atoms with Crippen LogP contribution in [0.25, 0.3) is 0 Å². The van der Waals surface area contributed by atoms with Gasteiger partial charge in [0.2, 0.25) is 5.91 Å². The van der Waals surface area contributed by atoms with Gasteiger partial charge >= 0.3 is 0 Å². The Kier molecular flexibility index (Phi) is 4.16. The van der Waals surface area contributed by atoms with Crippen LogP contribution in [0.2, 0.25) is 0 Å². The molecule has 0 saturated heterocycles. The van der Waals surface area contributed by atoms with Crippen molar-refractivity contribution in [2.24, 2.45) is 0 Å². The van der Waals surface area contributed by atoms with Crippen LogP contribution in [0.1, 0.15) is 28.3 Å². The molecule has 1 N–H and O–H groups in total. The maximum Gasteiger partial charge on any atom is 0.226 e. The second-order valence-electron chi connectivity index (χ2n) is 6.33. The molecule has 1 atom stereocenters. The zero-order valence-electron chi connectivity index (χ0n) is 14.0. The summed E-state index contributed by atoms with van der Waals surface area (Å²) in [5.74, 6) is 0.513. The highest BCUT2D eigenvalue weighted by atomic mass is 32.2. The predicted molar refractivity (Wildman–Crippen MR) is 100 cm³/mol. The molecular formula is C18H17N3O3S2. The topological polar surface area (TPSA) is 81.1 Å². The molecule has 0 bridgehead atoms. The molecule has 0 radical (unpaired) electrons. The SMILES string of the molecule is CS(=O)(=O)c1ccc([C@H]2CC(=O)Nc3c2cnn3Cc2cccs2)cc1. The number of fused-ring (bicyclic) bond motifs is 1. The van der Waals surface area contributed by atoms with Crippen molar-refractivity contribution in [2.75, 3.05) is 11.6 Å². The lowest BCUT2D eigenvalue weighted by atomic mass is 9.87. The van der Waals surface area contributed by atoms with Gasteiger partial charge in [-0.3, -0.25) is 4.79 Å². The molecule has 4 rings (SSSR count). The highest BCUT2D eigenvalue weighted by Crippen LogP contribution is 2.37. The number of nitrogens with zero attached hydrogens (tertiary/aromatic N) is 2. The Bertz CT molecular complexity index is 1050. The molecule has 6 nitrogen and oxygen atoms in total. The van der Waals surface area contributed by atoms with E-state index in [0.717, 1.165) is 16.0 Å². The lowest BCUT2D eigenvalue weighted by Crippen LogP contribution is -2.25. The molecule has 134 valence electrons. The molecule has 8 heteroatoms. The predicted octanol–water partition coefficient (Wildman–Crippen LogP) is 2.87. The molecule has 26 heavy (non-hydrogen) atoms. The Balaban J connectivity index is 1.69. The van der Waals surface area contributed by atoms with Crippen LogP contribution in [0.3, 0.4) is 0 Å². The van der Waals surface area contributed by atoms with Crippen molar-refractivity contribution in [2.45, 2.75) is 23.8 Å². The molecule has 0 fully saturated rings. The van der Waals surface area contributed by atoms with Crippen LogP contribution in [0.15, 0.2) is 52.9 Å². The fraction of sp³-hybridized carbons (Fsp3) is 0.222. The lowest BCUT2D eigenvalue weighted by Gasteiger charge is -2.24. The lowest BCUT2D eigenvalue weighted by molar-refractivity contribution is -0.116. The molecule has 0 aliphatic carbocycles. The first-order valence-electron chi connectivity index (χ1n) is 8.10.